The van der Waals surface area contributed by atoms with E-state index in [1.54, 1.807) is 17.9 Å². The second-order valence-electron chi connectivity index (χ2n) is 14.0. The third-order valence-corrected chi connectivity index (χ3v) is 11.2. The van der Waals surface area contributed by atoms with Crippen LogP contribution in [0, 0.1) is 17.8 Å². The summed E-state index contributed by atoms with van der Waals surface area (Å²) in [6, 6.07) is 7.11. The zero-order valence-corrected chi connectivity index (χ0v) is 27.8. The second-order valence-corrected chi connectivity index (χ2v) is 14.0. The zero-order chi connectivity index (χ0) is 33.3. The number of carbonyl (C=O) groups excluding carboxylic acids is 4. The summed E-state index contributed by atoms with van der Waals surface area (Å²) in [6.45, 7) is 5.86. The summed E-state index contributed by atoms with van der Waals surface area (Å²) in [5, 5.41) is 13.7. The van der Waals surface area contributed by atoms with Crippen LogP contribution < -0.4 is 5.32 Å². The molecular weight excluding hydrogens is 598 g/mol. The van der Waals surface area contributed by atoms with Gasteiger partial charge in [-0.1, -0.05) is 94.2 Å². The Hall–Kier alpha value is -3.50. The van der Waals surface area contributed by atoms with Gasteiger partial charge >= 0.3 is 5.97 Å². The van der Waals surface area contributed by atoms with Crippen LogP contribution in [0.2, 0.25) is 0 Å². The summed E-state index contributed by atoms with van der Waals surface area (Å²) < 4.78 is 13.2. The van der Waals surface area contributed by atoms with Crippen molar-refractivity contribution in [3.63, 3.8) is 0 Å². The lowest BCUT2D eigenvalue weighted by molar-refractivity contribution is -0.162. The van der Waals surface area contributed by atoms with E-state index in [4.69, 9.17) is 9.47 Å². The van der Waals surface area contributed by atoms with Crippen LogP contribution in [0.25, 0.3) is 0 Å². The van der Waals surface area contributed by atoms with E-state index < -0.39 is 53.7 Å². The average Bonchev–Trinajstić information content (AvgIpc) is 3.46. The SMILES string of the molecule is CC[C@H](C)[C@H](CO)N1C(=O)[C@@H]2[C@H]3C(=O)O[C@H](c4ccccc4)[C@@H](C)NC(=O)CC/C=C\[C@H]3O[C@@]23C=CCN(C2CCCCC2)C(=O)[C@@H]13. The van der Waals surface area contributed by atoms with E-state index >= 15 is 0 Å². The molecule has 1 aliphatic carbocycles. The number of fused-ring (bicyclic) bond motifs is 2. The van der Waals surface area contributed by atoms with Crippen molar-refractivity contribution in [1.29, 1.82) is 0 Å². The molecule has 254 valence electrons. The van der Waals surface area contributed by atoms with Crippen molar-refractivity contribution >= 4 is 23.7 Å². The van der Waals surface area contributed by atoms with E-state index in [0.29, 0.717) is 24.9 Å². The highest BCUT2D eigenvalue weighted by Gasteiger charge is 2.73. The molecule has 1 spiro atoms. The van der Waals surface area contributed by atoms with Crippen molar-refractivity contribution in [3.8, 4) is 0 Å². The molecule has 0 radical (unpaired) electrons. The summed E-state index contributed by atoms with van der Waals surface area (Å²) in [6.07, 6.45) is 12.0. The number of cyclic esters (lactones) is 1. The summed E-state index contributed by atoms with van der Waals surface area (Å²) in [5.41, 5.74) is -0.715. The zero-order valence-electron chi connectivity index (χ0n) is 27.8. The van der Waals surface area contributed by atoms with Crippen LogP contribution in [-0.2, 0) is 28.7 Å². The molecule has 10 nitrogen and oxygen atoms in total. The van der Waals surface area contributed by atoms with E-state index in [9.17, 15) is 24.3 Å². The number of esters is 1. The lowest BCUT2D eigenvalue weighted by atomic mass is 9.77. The van der Waals surface area contributed by atoms with Gasteiger partial charge in [-0.05, 0) is 37.7 Å². The number of hydrogen-bond acceptors (Lipinski definition) is 7. The Kier molecular flexibility index (Phi) is 9.90. The minimum absolute atomic E-state index is 0.0563. The topological polar surface area (TPSA) is 125 Å². The highest BCUT2D eigenvalue weighted by Crippen LogP contribution is 2.54. The molecule has 1 saturated carbocycles. The monoisotopic (exact) mass is 647 g/mol. The summed E-state index contributed by atoms with van der Waals surface area (Å²) in [4.78, 5) is 60.5. The fourth-order valence-corrected chi connectivity index (χ4v) is 8.55. The maximum absolute atomic E-state index is 14.9. The third-order valence-electron chi connectivity index (χ3n) is 11.2. The number of likely N-dealkylation sites (tertiary alicyclic amines) is 1. The maximum Gasteiger partial charge on any atom is 0.313 e. The van der Waals surface area contributed by atoms with Gasteiger partial charge in [0.1, 0.15) is 23.7 Å². The fourth-order valence-electron chi connectivity index (χ4n) is 8.55. The van der Waals surface area contributed by atoms with Crippen LogP contribution in [0.4, 0.5) is 0 Å². The molecule has 1 aromatic carbocycles. The molecule has 2 N–H and O–H groups in total. The van der Waals surface area contributed by atoms with E-state index in [1.807, 2.05) is 67.3 Å². The number of carbonyl (C=O) groups is 4. The standard InChI is InChI=1S/C37H49N3O7/c1-4-23(2)27(22-41)40-33-35(44)39(26-16-9-6-10-17-26)21-13-20-37(33)31(34(40)43)30-28(47-37)18-11-12-19-29(42)38-24(3)32(46-36(30)45)25-14-7-5-8-15-25/h5,7-8,11,13-15,18,20,23-24,26-28,30-33,41H,4,6,9-10,12,16-17,19,21-22H2,1-3H3,(H,38,42)/b18-11-/t23-,24+,27-,28+,30-,31-,32-,33+,37-/m0/s1. The number of amides is 3. The number of rotatable bonds is 6. The van der Waals surface area contributed by atoms with Gasteiger partial charge in [0.25, 0.3) is 0 Å². The molecule has 0 unspecified atom stereocenters. The number of aliphatic hydroxyl groups excluding tert-OH is 1. The first kappa shape index (κ1) is 33.4. The molecule has 9 atom stereocenters. The normalized spacial score (nSPS) is 35.4. The summed E-state index contributed by atoms with van der Waals surface area (Å²) >= 11 is 0. The minimum Gasteiger partial charge on any atom is -0.455 e. The van der Waals surface area contributed by atoms with Crippen molar-refractivity contribution < 1.29 is 33.8 Å². The number of nitrogens with zero attached hydrogens (tertiary/aromatic N) is 2. The molecule has 4 aliphatic heterocycles. The number of allylic oxidation sites excluding steroid dienone is 1. The van der Waals surface area contributed by atoms with Crippen LogP contribution in [0.15, 0.2) is 54.6 Å². The number of aliphatic hydroxyl groups is 1. The summed E-state index contributed by atoms with van der Waals surface area (Å²) in [7, 11) is 0. The van der Waals surface area contributed by atoms with Crippen molar-refractivity contribution in [3.05, 3.63) is 60.2 Å². The molecule has 4 heterocycles. The molecule has 47 heavy (non-hydrogen) atoms. The van der Waals surface area contributed by atoms with Gasteiger partial charge in [0, 0.05) is 19.0 Å². The summed E-state index contributed by atoms with van der Waals surface area (Å²) in [5.74, 6) is -3.54. The number of hydrogen-bond donors (Lipinski definition) is 2. The minimum atomic E-state index is -1.43. The van der Waals surface area contributed by atoms with Crippen LogP contribution >= 0.6 is 0 Å². The van der Waals surface area contributed by atoms with Crippen LogP contribution in [0.3, 0.4) is 0 Å². The average molecular weight is 648 g/mol. The van der Waals surface area contributed by atoms with Gasteiger partial charge in [0.05, 0.1) is 30.7 Å². The highest BCUT2D eigenvalue weighted by atomic mass is 16.6. The van der Waals surface area contributed by atoms with Gasteiger partial charge in [-0.3, -0.25) is 19.2 Å². The van der Waals surface area contributed by atoms with Gasteiger partial charge in [-0.15, -0.1) is 0 Å². The van der Waals surface area contributed by atoms with Gasteiger partial charge in [-0.25, -0.2) is 0 Å². The second kappa shape index (κ2) is 13.9. The van der Waals surface area contributed by atoms with E-state index in [1.165, 1.54) is 0 Å². The molecule has 3 amide bonds. The third kappa shape index (κ3) is 6.03. The smallest absolute Gasteiger partial charge is 0.313 e. The van der Waals surface area contributed by atoms with Crippen molar-refractivity contribution in [2.45, 2.75) is 114 Å². The number of nitrogens with one attached hydrogen (secondary N) is 1. The first-order valence-corrected chi connectivity index (χ1v) is 17.5. The van der Waals surface area contributed by atoms with E-state index in [-0.39, 0.29) is 42.7 Å². The molecule has 0 bridgehead atoms. The highest BCUT2D eigenvalue weighted by molar-refractivity contribution is 5.99. The van der Waals surface area contributed by atoms with Gasteiger partial charge < -0.3 is 29.7 Å². The number of ether oxygens (including phenoxy) is 2. The predicted molar refractivity (Wildman–Crippen MR) is 175 cm³/mol. The lowest BCUT2D eigenvalue weighted by Gasteiger charge is -2.42. The molecule has 5 aliphatic rings. The number of benzene rings is 1. The van der Waals surface area contributed by atoms with Crippen molar-refractivity contribution in [1.82, 2.24) is 15.1 Å². The first-order valence-electron chi connectivity index (χ1n) is 17.5. The Morgan fingerprint density at radius 3 is 2.49 bits per heavy atom. The molecule has 10 heteroatoms. The van der Waals surface area contributed by atoms with Crippen molar-refractivity contribution in [2.75, 3.05) is 13.2 Å². The Morgan fingerprint density at radius 1 is 1.04 bits per heavy atom. The molecule has 2 saturated heterocycles. The fraction of sp³-hybridized carbons (Fsp3) is 0.622. The quantitative estimate of drug-likeness (QED) is 0.355. The van der Waals surface area contributed by atoms with Gasteiger partial charge in [0.15, 0.2) is 0 Å². The lowest BCUT2D eigenvalue weighted by Crippen LogP contribution is -2.60. The van der Waals surface area contributed by atoms with Crippen LogP contribution in [0.1, 0.15) is 83.8 Å². The van der Waals surface area contributed by atoms with Crippen LogP contribution in [0.5, 0.6) is 0 Å². The maximum atomic E-state index is 14.9. The van der Waals surface area contributed by atoms with E-state index in [2.05, 4.69) is 5.32 Å². The Morgan fingerprint density at radius 2 is 1.79 bits per heavy atom. The predicted octanol–water partition coefficient (Wildman–Crippen LogP) is 3.84. The molecule has 1 aromatic rings. The Balaban J connectivity index is 1.45. The Labute approximate surface area is 277 Å². The molecule has 0 aromatic heterocycles. The molecule has 3 fully saturated rings. The van der Waals surface area contributed by atoms with E-state index in [0.717, 1.165) is 32.1 Å². The molecular formula is C37H49N3O7. The first-order chi connectivity index (χ1) is 22.7. The largest absolute Gasteiger partial charge is 0.455 e. The Bertz CT molecular complexity index is 1390. The molecule has 6 rings (SSSR count). The van der Waals surface area contributed by atoms with Gasteiger partial charge in [-0.2, -0.15) is 0 Å². The van der Waals surface area contributed by atoms with Gasteiger partial charge in [0.2, 0.25) is 17.7 Å². The van der Waals surface area contributed by atoms with Crippen LogP contribution in [-0.4, -0.2) is 87.6 Å². The van der Waals surface area contributed by atoms with Crippen molar-refractivity contribution in [2.24, 2.45) is 17.8 Å².